The number of carbonyl (C=O) groups excluding carboxylic acids is 1. The zero-order valence-electron chi connectivity index (χ0n) is 22.8. The van der Waals surface area contributed by atoms with Crippen LogP contribution in [0, 0.1) is 0 Å². The number of benzene rings is 1. The number of ether oxygens (including phenoxy) is 1. The van der Waals surface area contributed by atoms with E-state index in [9.17, 15) is 23.5 Å². The van der Waals surface area contributed by atoms with Gasteiger partial charge < -0.3 is 25.4 Å². The number of fused-ring (bicyclic) bond motifs is 1. The highest BCUT2D eigenvalue weighted by molar-refractivity contribution is 5.97. The number of nitrogens with zero attached hydrogens (tertiary/aromatic N) is 2. The number of pyridine rings is 1. The molecule has 1 atom stereocenters. The van der Waals surface area contributed by atoms with E-state index in [2.05, 4.69) is 27.7 Å². The summed E-state index contributed by atoms with van der Waals surface area (Å²) in [5, 5.41) is 15.5. The van der Waals surface area contributed by atoms with Gasteiger partial charge >= 0.3 is 5.97 Å². The Balaban J connectivity index is 1.54. The van der Waals surface area contributed by atoms with Crippen LogP contribution in [0.2, 0.25) is 0 Å². The topological polar surface area (TPSA) is 104 Å². The van der Waals surface area contributed by atoms with Crippen molar-refractivity contribution in [3.63, 3.8) is 0 Å². The number of anilines is 1. The Morgan fingerprint density at radius 3 is 2.67 bits per heavy atom. The van der Waals surface area contributed by atoms with Crippen LogP contribution in [0.1, 0.15) is 73.1 Å². The number of halogens is 2. The number of carboxylic acid groups (broad SMARTS) is 1. The van der Waals surface area contributed by atoms with Crippen LogP contribution < -0.4 is 10.6 Å². The molecule has 3 rings (SSSR count). The Labute approximate surface area is 229 Å². The largest absolute Gasteiger partial charge is 0.480 e. The lowest BCUT2D eigenvalue weighted by atomic mass is 10.1. The van der Waals surface area contributed by atoms with Crippen molar-refractivity contribution in [1.29, 1.82) is 0 Å². The maximum Gasteiger partial charge on any atom is 0.326 e. The van der Waals surface area contributed by atoms with E-state index in [1.807, 2.05) is 13.8 Å². The molecule has 1 aliphatic heterocycles. The van der Waals surface area contributed by atoms with Crippen LogP contribution >= 0.6 is 0 Å². The van der Waals surface area contributed by atoms with Gasteiger partial charge in [0.1, 0.15) is 11.9 Å². The van der Waals surface area contributed by atoms with Gasteiger partial charge in [-0.05, 0) is 76.6 Å². The number of aromatic nitrogens is 1. The van der Waals surface area contributed by atoms with Gasteiger partial charge in [0.2, 0.25) is 0 Å². The summed E-state index contributed by atoms with van der Waals surface area (Å²) in [5.74, 6) is -1.03. The number of nitrogens with one attached hydrogen (secondary N) is 2. The normalized spacial score (nSPS) is 13.8. The zero-order valence-corrected chi connectivity index (χ0v) is 22.8. The molecule has 1 aromatic carbocycles. The van der Waals surface area contributed by atoms with E-state index < -0.39 is 29.9 Å². The molecule has 0 aliphatic carbocycles. The molecule has 0 spiro atoms. The predicted octanol–water partition coefficient (Wildman–Crippen LogP) is 4.70. The third-order valence-corrected chi connectivity index (χ3v) is 6.75. The summed E-state index contributed by atoms with van der Waals surface area (Å²) < 4.78 is 32.3. The molecule has 214 valence electrons. The Hall–Kier alpha value is -3.11. The average molecular weight is 547 g/mol. The molecule has 1 amide bonds. The molecule has 0 saturated carbocycles. The molecule has 2 heterocycles. The summed E-state index contributed by atoms with van der Waals surface area (Å²) in [6.07, 6.45) is 2.23. The number of carboxylic acids is 1. The average Bonchev–Trinajstić information content (AvgIpc) is 2.92. The molecule has 0 saturated heterocycles. The van der Waals surface area contributed by atoms with Crippen LogP contribution in [0.25, 0.3) is 0 Å². The minimum atomic E-state index is -2.83. The second-order valence-corrected chi connectivity index (χ2v) is 10.1. The van der Waals surface area contributed by atoms with E-state index in [0.29, 0.717) is 19.7 Å². The third kappa shape index (κ3) is 9.85. The molecular weight excluding hydrogens is 506 g/mol. The first-order chi connectivity index (χ1) is 18.7. The second-order valence-electron chi connectivity index (χ2n) is 10.1. The number of hydrogen-bond acceptors (Lipinski definition) is 6. The molecule has 8 nitrogen and oxygen atoms in total. The van der Waals surface area contributed by atoms with Crippen LogP contribution in [0.4, 0.5) is 14.6 Å². The van der Waals surface area contributed by atoms with E-state index >= 15 is 0 Å². The quantitative estimate of drug-likeness (QED) is 0.262. The maximum absolute atomic E-state index is 13.3. The molecule has 0 radical (unpaired) electrons. The van der Waals surface area contributed by atoms with Gasteiger partial charge in [-0.25, -0.2) is 18.6 Å². The van der Waals surface area contributed by atoms with Gasteiger partial charge in [-0.3, -0.25) is 4.79 Å². The summed E-state index contributed by atoms with van der Waals surface area (Å²) in [6.45, 7) is 7.13. The number of unbranched alkanes of at least 4 members (excludes halogenated alkanes) is 1. The van der Waals surface area contributed by atoms with Crippen molar-refractivity contribution in [2.45, 2.75) is 70.9 Å². The molecule has 0 bridgehead atoms. The molecular formula is C29H40F2N4O4. The molecule has 1 aliphatic rings. The van der Waals surface area contributed by atoms with Crippen LogP contribution in [-0.2, 0) is 22.4 Å². The molecule has 0 fully saturated rings. The Bertz CT molecular complexity index is 1080. The second kappa shape index (κ2) is 15.5. The lowest BCUT2D eigenvalue weighted by Gasteiger charge is -2.25. The minimum Gasteiger partial charge on any atom is -0.480 e. The molecule has 3 N–H and O–H groups in total. The van der Waals surface area contributed by atoms with Crippen molar-refractivity contribution in [3.05, 3.63) is 58.8 Å². The highest BCUT2D eigenvalue weighted by Crippen LogP contribution is 2.23. The van der Waals surface area contributed by atoms with E-state index in [0.717, 1.165) is 56.7 Å². The first-order valence-electron chi connectivity index (χ1n) is 13.7. The van der Waals surface area contributed by atoms with Crippen LogP contribution in [0.3, 0.4) is 0 Å². The summed E-state index contributed by atoms with van der Waals surface area (Å²) >= 11 is 0. The van der Waals surface area contributed by atoms with Crippen molar-refractivity contribution < 1.29 is 28.2 Å². The number of carbonyl (C=O) groups is 2. The Kier molecular flexibility index (Phi) is 12.1. The molecule has 2 aromatic rings. The van der Waals surface area contributed by atoms with Gasteiger partial charge in [-0.1, -0.05) is 24.3 Å². The predicted molar refractivity (Wildman–Crippen MR) is 146 cm³/mol. The molecule has 10 heteroatoms. The van der Waals surface area contributed by atoms with Crippen LogP contribution in [-0.4, -0.2) is 71.8 Å². The third-order valence-electron chi connectivity index (χ3n) is 6.75. The fourth-order valence-electron chi connectivity index (χ4n) is 4.60. The Morgan fingerprint density at radius 1 is 1.13 bits per heavy atom. The maximum atomic E-state index is 13.3. The first kappa shape index (κ1) is 30.4. The van der Waals surface area contributed by atoms with E-state index in [-0.39, 0.29) is 18.1 Å². The number of aryl methyl sites for hydroxylation is 2. The smallest absolute Gasteiger partial charge is 0.326 e. The number of hydrogen-bond donors (Lipinski definition) is 3. The highest BCUT2D eigenvalue weighted by Gasteiger charge is 2.24. The highest BCUT2D eigenvalue weighted by atomic mass is 19.3. The summed E-state index contributed by atoms with van der Waals surface area (Å²) in [4.78, 5) is 31.4. The standard InChI is InChI=1S/C29H40F2N4O4/c1-20(2)39-19-18-35(16-6-5-9-22-13-12-21-8-7-15-32-27(21)33-22)17-14-25(29(37)38)34-28(36)24-11-4-3-10-23(24)26(30)31/h3-4,10-13,20,25-26H,5-9,14-19H2,1-2H3,(H,32,33)(H,34,36)(H,37,38). The van der Waals surface area contributed by atoms with Gasteiger partial charge in [-0.2, -0.15) is 0 Å². The van der Waals surface area contributed by atoms with Gasteiger partial charge in [0, 0.05) is 36.5 Å². The van der Waals surface area contributed by atoms with Crippen LogP contribution in [0.5, 0.6) is 0 Å². The number of amides is 1. The first-order valence-corrected chi connectivity index (χ1v) is 13.7. The fourth-order valence-corrected chi connectivity index (χ4v) is 4.60. The van der Waals surface area contributed by atoms with Crippen LogP contribution in [0.15, 0.2) is 36.4 Å². The van der Waals surface area contributed by atoms with Crippen molar-refractivity contribution in [2.24, 2.45) is 0 Å². The zero-order chi connectivity index (χ0) is 28.2. The van der Waals surface area contributed by atoms with Gasteiger partial charge in [0.15, 0.2) is 0 Å². The van der Waals surface area contributed by atoms with E-state index in [1.165, 1.54) is 29.8 Å². The number of alkyl halides is 2. The monoisotopic (exact) mass is 546 g/mol. The summed E-state index contributed by atoms with van der Waals surface area (Å²) in [7, 11) is 0. The van der Waals surface area contributed by atoms with Gasteiger partial charge in [0.05, 0.1) is 12.7 Å². The lowest BCUT2D eigenvalue weighted by Crippen LogP contribution is -2.44. The van der Waals surface area contributed by atoms with E-state index in [4.69, 9.17) is 9.72 Å². The van der Waals surface area contributed by atoms with Gasteiger partial charge in [-0.15, -0.1) is 0 Å². The fraction of sp³-hybridized carbons (Fsp3) is 0.552. The van der Waals surface area contributed by atoms with Gasteiger partial charge in [0.25, 0.3) is 12.3 Å². The Morgan fingerprint density at radius 2 is 1.92 bits per heavy atom. The lowest BCUT2D eigenvalue weighted by molar-refractivity contribution is -0.139. The van der Waals surface area contributed by atoms with Crippen molar-refractivity contribution in [1.82, 2.24) is 15.2 Å². The van der Waals surface area contributed by atoms with E-state index in [1.54, 1.807) is 0 Å². The molecule has 39 heavy (non-hydrogen) atoms. The molecule has 1 aromatic heterocycles. The number of rotatable bonds is 16. The summed E-state index contributed by atoms with van der Waals surface area (Å²) in [5.41, 5.74) is 1.68. The van der Waals surface area contributed by atoms with Crippen molar-refractivity contribution in [2.75, 3.05) is 38.1 Å². The SMILES string of the molecule is CC(C)OCCN(CCCCc1ccc2c(n1)NCCC2)CCC(NC(=O)c1ccccc1C(F)F)C(=O)O. The number of aliphatic carboxylic acids is 1. The van der Waals surface area contributed by atoms with Crippen molar-refractivity contribution >= 4 is 17.7 Å². The van der Waals surface area contributed by atoms with Crippen molar-refractivity contribution in [3.8, 4) is 0 Å². The minimum absolute atomic E-state index is 0.0801. The summed E-state index contributed by atoms with van der Waals surface area (Å²) in [6, 6.07) is 8.38. The molecule has 1 unspecified atom stereocenters.